The van der Waals surface area contributed by atoms with E-state index in [4.69, 9.17) is 0 Å². The number of nitrogens with zero attached hydrogens (tertiary/aromatic N) is 1. The Morgan fingerprint density at radius 2 is 1.86 bits per heavy atom. The standard InChI is InChI=1S/C19H22N2/c1-3-21-12-11-16(14-21)13-20-15(2)18-10-6-8-17-7-4-5-9-19(17)18/h4-12,14-15,20H,3,13H2,1-2H3. The minimum absolute atomic E-state index is 0.334. The van der Waals surface area contributed by atoms with Crippen LogP contribution in [0.25, 0.3) is 10.8 Å². The van der Waals surface area contributed by atoms with E-state index in [-0.39, 0.29) is 0 Å². The highest BCUT2D eigenvalue weighted by atomic mass is 14.9. The minimum Gasteiger partial charge on any atom is -0.354 e. The molecule has 0 amide bonds. The molecular formula is C19H22N2. The fourth-order valence-electron chi connectivity index (χ4n) is 2.80. The number of aryl methyl sites for hydroxylation is 1. The Morgan fingerprint density at radius 1 is 1.05 bits per heavy atom. The summed E-state index contributed by atoms with van der Waals surface area (Å²) in [5, 5.41) is 6.28. The van der Waals surface area contributed by atoms with Crippen LogP contribution in [-0.4, -0.2) is 4.57 Å². The molecule has 0 bridgehead atoms. The van der Waals surface area contributed by atoms with Crippen LogP contribution in [0.4, 0.5) is 0 Å². The van der Waals surface area contributed by atoms with E-state index in [0.29, 0.717) is 6.04 Å². The van der Waals surface area contributed by atoms with Crippen LogP contribution in [0.2, 0.25) is 0 Å². The summed E-state index contributed by atoms with van der Waals surface area (Å²) in [6, 6.07) is 17.6. The molecule has 2 nitrogen and oxygen atoms in total. The average Bonchev–Trinajstić information content (AvgIpc) is 3.00. The third kappa shape index (κ3) is 3.01. The predicted molar refractivity (Wildman–Crippen MR) is 89.3 cm³/mol. The number of rotatable bonds is 5. The highest BCUT2D eigenvalue weighted by Gasteiger charge is 2.08. The Bertz CT molecular complexity index is 722. The van der Waals surface area contributed by atoms with Gasteiger partial charge in [-0.15, -0.1) is 0 Å². The summed E-state index contributed by atoms with van der Waals surface area (Å²) < 4.78 is 2.21. The second-order valence-electron chi connectivity index (χ2n) is 5.52. The topological polar surface area (TPSA) is 17.0 Å². The molecule has 0 aliphatic rings. The first kappa shape index (κ1) is 13.9. The summed E-state index contributed by atoms with van der Waals surface area (Å²) in [7, 11) is 0. The first-order valence-electron chi connectivity index (χ1n) is 7.63. The largest absolute Gasteiger partial charge is 0.354 e. The third-order valence-electron chi connectivity index (χ3n) is 4.08. The Balaban J connectivity index is 1.76. The van der Waals surface area contributed by atoms with E-state index in [1.165, 1.54) is 21.9 Å². The molecule has 108 valence electrons. The fraction of sp³-hybridized carbons (Fsp3) is 0.263. The second kappa shape index (κ2) is 6.15. The van der Waals surface area contributed by atoms with Crippen molar-refractivity contribution in [3.63, 3.8) is 0 Å². The monoisotopic (exact) mass is 278 g/mol. The third-order valence-corrected chi connectivity index (χ3v) is 4.08. The summed E-state index contributed by atoms with van der Waals surface area (Å²) in [6.07, 6.45) is 4.35. The van der Waals surface area contributed by atoms with E-state index in [1.807, 2.05) is 0 Å². The van der Waals surface area contributed by atoms with Gasteiger partial charge in [0.2, 0.25) is 0 Å². The van der Waals surface area contributed by atoms with Crippen LogP contribution in [0, 0.1) is 0 Å². The molecule has 0 aliphatic heterocycles. The molecule has 3 rings (SSSR count). The molecule has 2 heteroatoms. The molecule has 1 atom stereocenters. The van der Waals surface area contributed by atoms with Crippen molar-refractivity contribution in [1.82, 2.24) is 9.88 Å². The van der Waals surface area contributed by atoms with Crippen molar-refractivity contribution in [3.8, 4) is 0 Å². The van der Waals surface area contributed by atoms with Gasteiger partial charge in [0.15, 0.2) is 0 Å². The van der Waals surface area contributed by atoms with Gasteiger partial charge in [-0.2, -0.15) is 0 Å². The van der Waals surface area contributed by atoms with Crippen molar-refractivity contribution in [2.45, 2.75) is 33.0 Å². The fourth-order valence-corrected chi connectivity index (χ4v) is 2.80. The summed E-state index contributed by atoms with van der Waals surface area (Å²) >= 11 is 0. The zero-order valence-electron chi connectivity index (χ0n) is 12.7. The van der Waals surface area contributed by atoms with Gasteiger partial charge in [0.1, 0.15) is 0 Å². The Hall–Kier alpha value is -2.06. The van der Waals surface area contributed by atoms with Gasteiger partial charge in [-0.05, 0) is 41.8 Å². The lowest BCUT2D eigenvalue weighted by molar-refractivity contribution is 0.577. The summed E-state index contributed by atoms with van der Waals surface area (Å²) in [6.45, 7) is 6.32. The number of benzene rings is 2. The van der Waals surface area contributed by atoms with Gasteiger partial charge in [0.05, 0.1) is 0 Å². The van der Waals surface area contributed by atoms with Crippen LogP contribution in [0.15, 0.2) is 60.9 Å². The summed E-state index contributed by atoms with van der Waals surface area (Å²) in [5.74, 6) is 0. The molecule has 21 heavy (non-hydrogen) atoms. The molecule has 1 heterocycles. The van der Waals surface area contributed by atoms with Crippen LogP contribution in [0.5, 0.6) is 0 Å². The van der Waals surface area contributed by atoms with Crippen molar-refractivity contribution in [2.24, 2.45) is 0 Å². The SMILES string of the molecule is CCn1ccc(CNC(C)c2cccc3ccccc23)c1. The molecule has 3 aromatic rings. The van der Waals surface area contributed by atoms with Crippen LogP contribution < -0.4 is 5.32 Å². The van der Waals surface area contributed by atoms with Gasteiger partial charge in [-0.3, -0.25) is 0 Å². The molecular weight excluding hydrogens is 256 g/mol. The normalized spacial score (nSPS) is 12.7. The summed E-state index contributed by atoms with van der Waals surface area (Å²) in [5.41, 5.74) is 2.70. The van der Waals surface area contributed by atoms with E-state index >= 15 is 0 Å². The highest BCUT2D eigenvalue weighted by Crippen LogP contribution is 2.24. The van der Waals surface area contributed by atoms with Gasteiger partial charge in [-0.1, -0.05) is 42.5 Å². The van der Waals surface area contributed by atoms with Gasteiger partial charge in [0, 0.05) is 31.5 Å². The van der Waals surface area contributed by atoms with Crippen molar-refractivity contribution in [3.05, 3.63) is 72.1 Å². The van der Waals surface area contributed by atoms with E-state index in [0.717, 1.165) is 13.1 Å². The molecule has 2 aromatic carbocycles. The van der Waals surface area contributed by atoms with E-state index in [1.54, 1.807) is 0 Å². The molecule has 0 spiro atoms. The molecule has 0 fully saturated rings. The number of hydrogen-bond donors (Lipinski definition) is 1. The molecule has 0 aliphatic carbocycles. The Labute approximate surface area is 126 Å². The second-order valence-corrected chi connectivity index (χ2v) is 5.52. The zero-order chi connectivity index (χ0) is 14.7. The van der Waals surface area contributed by atoms with Crippen molar-refractivity contribution in [2.75, 3.05) is 0 Å². The van der Waals surface area contributed by atoms with Gasteiger partial charge in [0.25, 0.3) is 0 Å². The quantitative estimate of drug-likeness (QED) is 0.726. The van der Waals surface area contributed by atoms with Crippen molar-refractivity contribution in [1.29, 1.82) is 0 Å². The molecule has 1 N–H and O–H groups in total. The van der Waals surface area contributed by atoms with Crippen LogP contribution >= 0.6 is 0 Å². The van der Waals surface area contributed by atoms with Crippen LogP contribution in [0.3, 0.4) is 0 Å². The maximum Gasteiger partial charge on any atom is 0.0301 e. The number of nitrogens with one attached hydrogen (secondary N) is 1. The van der Waals surface area contributed by atoms with Crippen LogP contribution in [0.1, 0.15) is 31.0 Å². The first-order chi connectivity index (χ1) is 10.3. The van der Waals surface area contributed by atoms with E-state index in [2.05, 4.69) is 84.7 Å². The summed E-state index contributed by atoms with van der Waals surface area (Å²) in [4.78, 5) is 0. The van der Waals surface area contributed by atoms with Gasteiger partial charge >= 0.3 is 0 Å². The van der Waals surface area contributed by atoms with E-state index < -0.39 is 0 Å². The van der Waals surface area contributed by atoms with Gasteiger partial charge in [-0.25, -0.2) is 0 Å². The lowest BCUT2D eigenvalue weighted by Gasteiger charge is -2.16. The molecule has 0 saturated carbocycles. The Morgan fingerprint density at radius 3 is 2.67 bits per heavy atom. The number of hydrogen-bond acceptors (Lipinski definition) is 1. The lowest BCUT2D eigenvalue weighted by atomic mass is 9.99. The minimum atomic E-state index is 0.334. The van der Waals surface area contributed by atoms with Crippen molar-refractivity contribution >= 4 is 10.8 Å². The van der Waals surface area contributed by atoms with Crippen molar-refractivity contribution < 1.29 is 0 Å². The molecule has 1 unspecified atom stereocenters. The van der Waals surface area contributed by atoms with Crippen LogP contribution in [-0.2, 0) is 13.1 Å². The average molecular weight is 278 g/mol. The predicted octanol–water partition coefficient (Wildman–Crippen LogP) is 4.51. The van der Waals surface area contributed by atoms with Gasteiger partial charge < -0.3 is 9.88 Å². The maximum absolute atomic E-state index is 3.63. The lowest BCUT2D eigenvalue weighted by Crippen LogP contribution is -2.18. The molecule has 0 saturated heterocycles. The number of aromatic nitrogens is 1. The number of fused-ring (bicyclic) bond motifs is 1. The maximum atomic E-state index is 3.63. The smallest absolute Gasteiger partial charge is 0.0301 e. The zero-order valence-corrected chi connectivity index (χ0v) is 12.7. The Kier molecular flexibility index (Phi) is 4.07. The molecule has 1 aromatic heterocycles. The highest BCUT2D eigenvalue weighted by molar-refractivity contribution is 5.86. The molecule has 0 radical (unpaired) electrons. The van der Waals surface area contributed by atoms with E-state index in [9.17, 15) is 0 Å². The first-order valence-corrected chi connectivity index (χ1v) is 7.63.